The fourth-order valence-corrected chi connectivity index (χ4v) is 4.27. The van der Waals surface area contributed by atoms with E-state index in [-0.39, 0.29) is 23.7 Å². The number of aromatic nitrogens is 3. The normalized spacial score (nSPS) is 18.8. The van der Waals surface area contributed by atoms with Gasteiger partial charge in [0.2, 0.25) is 0 Å². The number of nitrogens with zero attached hydrogens (tertiary/aromatic N) is 3. The number of hydrogen-bond acceptors (Lipinski definition) is 4. The van der Waals surface area contributed by atoms with Crippen molar-refractivity contribution in [3.63, 3.8) is 0 Å². The molecule has 0 N–H and O–H groups in total. The van der Waals surface area contributed by atoms with E-state index in [9.17, 15) is 0 Å². The molecule has 0 spiro atoms. The highest BCUT2D eigenvalue weighted by Crippen LogP contribution is 2.41. The van der Waals surface area contributed by atoms with Crippen molar-refractivity contribution in [1.29, 1.82) is 0 Å². The minimum atomic E-state index is -0.0573. The number of hydrogen-bond donors (Lipinski definition) is 0. The van der Waals surface area contributed by atoms with E-state index in [2.05, 4.69) is 37.8 Å². The standard InChI is InChI=1S/C20H27Cl2N3O2/c1-5-6-26-19(20(2,3)4)17(25-12-23-11-24-25)10-15-8-13-7-14(21)9-16(22)18(13)27-15/h7,9,11-12,15,17,19H,5-6,8,10H2,1-4H3. The Kier molecular flexibility index (Phi) is 6.34. The molecule has 0 saturated carbocycles. The molecule has 0 radical (unpaired) electrons. The summed E-state index contributed by atoms with van der Waals surface area (Å²) >= 11 is 12.5. The molecule has 1 aromatic carbocycles. The highest BCUT2D eigenvalue weighted by atomic mass is 35.5. The molecule has 0 amide bonds. The molecule has 7 heteroatoms. The third-order valence-corrected chi connectivity index (χ3v) is 5.30. The van der Waals surface area contributed by atoms with Crippen molar-refractivity contribution in [1.82, 2.24) is 14.8 Å². The molecule has 0 bridgehead atoms. The Hall–Kier alpha value is -1.30. The average molecular weight is 412 g/mol. The van der Waals surface area contributed by atoms with Gasteiger partial charge in [0.15, 0.2) is 0 Å². The SMILES string of the molecule is CCCOC(C(CC1Cc2cc(Cl)cc(Cl)c2O1)n1cncn1)C(C)(C)C. The first-order valence-corrected chi connectivity index (χ1v) is 10.2. The van der Waals surface area contributed by atoms with Crippen LogP contribution in [0.1, 0.15) is 52.1 Å². The van der Waals surface area contributed by atoms with Gasteiger partial charge in [-0.05, 0) is 24.0 Å². The lowest BCUT2D eigenvalue weighted by atomic mass is 9.82. The lowest BCUT2D eigenvalue weighted by Gasteiger charge is -2.37. The molecule has 1 aromatic heterocycles. The summed E-state index contributed by atoms with van der Waals surface area (Å²) in [4.78, 5) is 4.14. The predicted octanol–water partition coefficient (Wildman–Crippen LogP) is 5.36. The Balaban J connectivity index is 1.84. The van der Waals surface area contributed by atoms with E-state index in [1.807, 2.05) is 10.7 Å². The average Bonchev–Trinajstić information content (AvgIpc) is 3.22. The summed E-state index contributed by atoms with van der Waals surface area (Å²) < 4.78 is 14.4. The highest BCUT2D eigenvalue weighted by Gasteiger charge is 2.38. The highest BCUT2D eigenvalue weighted by molar-refractivity contribution is 6.35. The van der Waals surface area contributed by atoms with Crippen molar-refractivity contribution in [2.24, 2.45) is 5.41 Å². The van der Waals surface area contributed by atoms with Gasteiger partial charge in [-0.25, -0.2) is 9.67 Å². The minimum absolute atomic E-state index is 0.00705. The van der Waals surface area contributed by atoms with Gasteiger partial charge in [-0.1, -0.05) is 50.9 Å². The van der Waals surface area contributed by atoms with Crippen molar-refractivity contribution in [2.45, 2.75) is 65.2 Å². The van der Waals surface area contributed by atoms with Crippen LogP contribution >= 0.6 is 23.2 Å². The van der Waals surface area contributed by atoms with Crippen LogP contribution < -0.4 is 4.74 Å². The van der Waals surface area contributed by atoms with Gasteiger partial charge in [0.05, 0.1) is 17.2 Å². The number of ether oxygens (including phenoxy) is 2. The zero-order valence-corrected chi connectivity index (χ0v) is 17.8. The van der Waals surface area contributed by atoms with E-state index in [4.69, 9.17) is 32.7 Å². The van der Waals surface area contributed by atoms with Crippen LogP contribution in [0.3, 0.4) is 0 Å². The van der Waals surface area contributed by atoms with Crippen LogP contribution in [0.5, 0.6) is 5.75 Å². The first-order chi connectivity index (χ1) is 12.8. The quantitative estimate of drug-likeness (QED) is 0.614. The van der Waals surface area contributed by atoms with Crippen molar-refractivity contribution < 1.29 is 9.47 Å². The Bertz CT molecular complexity index is 759. The van der Waals surface area contributed by atoms with E-state index < -0.39 is 0 Å². The fraction of sp³-hybridized carbons (Fsp3) is 0.600. The maximum atomic E-state index is 6.32. The molecule has 5 nitrogen and oxygen atoms in total. The summed E-state index contributed by atoms with van der Waals surface area (Å²) in [6.45, 7) is 9.40. The van der Waals surface area contributed by atoms with Gasteiger partial charge in [0.1, 0.15) is 24.5 Å². The Morgan fingerprint density at radius 1 is 1.33 bits per heavy atom. The van der Waals surface area contributed by atoms with Crippen LogP contribution in [0.4, 0.5) is 0 Å². The van der Waals surface area contributed by atoms with E-state index in [0.717, 1.165) is 30.6 Å². The molecular formula is C20H27Cl2N3O2. The summed E-state index contributed by atoms with van der Waals surface area (Å²) in [6, 6.07) is 3.66. The molecule has 2 aromatic rings. The van der Waals surface area contributed by atoms with Crippen molar-refractivity contribution in [3.05, 3.63) is 40.4 Å². The van der Waals surface area contributed by atoms with Gasteiger partial charge >= 0.3 is 0 Å². The third kappa shape index (κ3) is 4.76. The van der Waals surface area contributed by atoms with Crippen molar-refractivity contribution in [2.75, 3.05) is 6.61 Å². The largest absolute Gasteiger partial charge is 0.488 e. The number of fused-ring (bicyclic) bond motifs is 1. The Morgan fingerprint density at radius 3 is 2.74 bits per heavy atom. The second kappa shape index (κ2) is 8.38. The molecule has 27 heavy (non-hydrogen) atoms. The topological polar surface area (TPSA) is 49.2 Å². The maximum absolute atomic E-state index is 6.32. The second-order valence-corrected chi connectivity index (χ2v) is 9.00. The summed E-state index contributed by atoms with van der Waals surface area (Å²) in [5.74, 6) is 0.741. The molecular weight excluding hydrogens is 385 g/mol. The van der Waals surface area contributed by atoms with Crippen LogP contribution in [0.25, 0.3) is 0 Å². The van der Waals surface area contributed by atoms with Crippen LogP contribution in [0.15, 0.2) is 24.8 Å². The van der Waals surface area contributed by atoms with Crippen LogP contribution in [-0.4, -0.2) is 33.6 Å². The zero-order chi connectivity index (χ0) is 19.6. The van der Waals surface area contributed by atoms with E-state index in [0.29, 0.717) is 16.7 Å². The van der Waals surface area contributed by atoms with Crippen LogP contribution in [0, 0.1) is 5.41 Å². The summed E-state index contributed by atoms with van der Waals surface area (Å²) in [6.07, 6.45) is 5.77. The molecule has 1 aliphatic heterocycles. The van der Waals surface area contributed by atoms with Crippen LogP contribution in [-0.2, 0) is 11.2 Å². The van der Waals surface area contributed by atoms with Crippen LogP contribution in [0.2, 0.25) is 10.0 Å². The van der Waals surface area contributed by atoms with Gasteiger partial charge < -0.3 is 9.47 Å². The molecule has 2 heterocycles. The molecule has 1 aliphatic rings. The molecule has 0 saturated heterocycles. The summed E-state index contributed by atoms with van der Waals surface area (Å²) in [7, 11) is 0. The molecule has 0 fully saturated rings. The Morgan fingerprint density at radius 2 is 2.11 bits per heavy atom. The molecule has 3 rings (SSSR count). The van der Waals surface area contributed by atoms with Gasteiger partial charge in [-0.15, -0.1) is 0 Å². The molecule has 0 aliphatic carbocycles. The molecule has 148 valence electrons. The smallest absolute Gasteiger partial charge is 0.141 e. The van der Waals surface area contributed by atoms with E-state index >= 15 is 0 Å². The third-order valence-electron chi connectivity index (χ3n) is 4.80. The Labute approximate surface area is 171 Å². The molecule has 3 atom stereocenters. The number of halogens is 2. The van der Waals surface area contributed by atoms with Gasteiger partial charge in [-0.3, -0.25) is 0 Å². The van der Waals surface area contributed by atoms with Crippen molar-refractivity contribution in [3.8, 4) is 5.75 Å². The van der Waals surface area contributed by atoms with Gasteiger partial charge in [0.25, 0.3) is 0 Å². The van der Waals surface area contributed by atoms with E-state index in [1.54, 1.807) is 18.7 Å². The minimum Gasteiger partial charge on any atom is -0.488 e. The van der Waals surface area contributed by atoms with Gasteiger partial charge in [0, 0.05) is 30.0 Å². The van der Waals surface area contributed by atoms with Gasteiger partial charge in [-0.2, -0.15) is 5.10 Å². The maximum Gasteiger partial charge on any atom is 0.141 e. The van der Waals surface area contributed by atoms with Crippen molar-refractivity contribution >= 4 is 23.2 Å². The zero-order valence-electron chi connectivity index (χ0n) is 16.3. The first-order valence-electron chi connectivity index (χ1n) is 9.40. The monoisotopic (exact) mass is 411 g/mol. The lowest BCUT2D eigenvalue weighted by Crippen LogP contribution is -2.40. The second-order valence-electron chi connectivity index (χ2n) is 8.16. The predicted molar refractivity (Wildman–Crippen MR) is 108 cm³/mol. The fourth-order valence-electron chi connectivity index (χ4n) is 3.69. The lowest BCUT2D eigenvalue weighted by molar-refractivity contribution is -0.0614. The summed E-state index contributed by atoms with van der Waals surface area (Å²) in [5, 5.41) is 5.60. The molecule has 3 unspecified atom stereocenters. The van der Waals surface area contributed by atoms with E-state index in [1.165, 1.54) is 0 Å². The first kappa shape index (κ1) is 20.4. The summed E-state index contributed by atoms with van der Waals surface area (Å²) in [5.41, 5.74) is 0.995. The number of benzene rings is 1. The number of rotatable bonds is 7.